The molecule has 0 heterocycles. The number of rotatable bonds is 5. The summed E-state index contributed by atoms with van der Waals surface area (Å²) in [5.41, 5.74) is 0. The average Bonchev–Trinajstić information content (AvgIpc) is 1.89. The van der Waals surface area contributed by atoms with Gasteiger partial charge in [-0.2, -0.15) is 0 Å². The Balaban J connectivity index is 2.76. The zero-order chi connectivity index (χ0) is 6.95. The van der Waals surface area contributed by atoms with Gasteiger partial charge in [-0.1, -0.05) is 5.92 Å². The zero-order valence-corrected chi connectivity index (χ0v) is 5.09. The fraction of sp³-hybridized carbons (Fsp3) is 0.500. The zero-order valence-electron chi connectivity index (χ0n) is 5.09. The predicted molar refractivity (Wildman–Crippen MR) is 33.7 cm³/mol. The minimum absolute atomic E-state index is 0.306. The lowest BCUT2D eigenvalue weighted by Crippen LogP contribution is -2.17. The van der Waals surface area contributed by atoms with Crippen LogP contribution < -0.4 is 5.32 Å². The lowest BCUT2D eigenvalue weighted by molar-refractivity contribution is -0.109. The molecule has 0 saturated heterocycles. The highest BCUT2D eigenvalue weighted by atomic mass is 16.5. The lowest BCUT2D eigenvalue weighted by atomic mass is 10.7. The Bertz CT molecular complexity index is 106. The SMILES string of the molecule is C#CCOCCNC=O. The summed E-state index contributed by atoms with van der Waals surface area (Å²) in [5.74, 6) is 2.31. The number of carbonyl (C=O) groups excluding carboxylic acids is 1. The Labute approximate surface area is 54.4 Å². The van der Waals surface area contributed by atoms with Crippen molar-refractivity contribution in [3.05, 3.63) is 0 Å². The van der Waals surface area contributed by atoms with Gasteiger partial charge in [-0.25, -0.2) is 0 Å². The van der Waals surface area contributed by atoms with Gasteiger partial charge in [0.1, 0.15) is 6.61 Å². The number of hydrogen-bond acceptors (Lipinski definition) is 2. The van der Waals surface area contributed by atoms with Crippen LogP contribution in [-0.2, 0) is 9.53 Å². The number of amides is 1. The predicted octanol–water partition coefficient (Wildman–Crippen LogP) is -0.618. The molecule has 0 spiro atoms. The van der Waals surface area contributed by atoms with Gasteiger partial charge in [-0.15, -0.1) is 6.42 Å². The molecular weight excluding hydrogens is 118 g/mol. The molecule has 0 aliphatic rings. The fourth-order valence-corrected chi connectivity index (χ4v) is 0.321. The molecule has 0 aliphatic heterocycles. The molecule has 1 N–H and O–H groups in total. The molecule has 0 aromatic heterocycles. The van der Waals surface area contributed by atoms with Gasteiger partial charge in [-0.3, -0.25) is 4.79 Å². The van der Waals surface area contributed by atoms with Crippen LogP contribution in [0.1, 0.15) is 0 Å². The van der Waals surface area contributed by atoms with Gasteiger partial charge in [0.15, 0.2) is 0 Å². The van der Waals surface area contributed by atoms with Gasteiger partial charge in [0.2, 0.25) is 6.41 Å². The molecule has 1 amide bonds. The maximum absolute atomic E-state index is 9.63. The van der Waals surface area contributed by atoms with E-state index in [1.165, 1.54) is 0 Å². The van der Waals surface area contributed by atoms with E-state index >= 15 is 0 Å². The van der Waals surface area contributed by atoms with Crippen molar-refractivity contribution in [2.75, 3.05) is 19.8 Å². The van der Waals surface area contributed by atoms with Gasteiger partial charge >= 0.3 is 0 Å². The standard InChI is InChI=1S/C6H9NO2/c1-2-4-9-5-3-7-6-8/h1,6H,3-5H2,(H,7,8). The molecule has 3 heteroatoms. The summed E-state index contributed by atoms with van der Waals surface area (Å²) in [6.07, 6.45) is 5.50. The van der Waals surface area contributed by atoms with Crippen LogP contribution in [0.5, 0.6) is 0 Å². The summed E-state index contributed by atoms with van der Waals surface area (Å²) in [4.78, 5) is 9.63. The van der Waals surface area contributed by atoms with Crippen LogP contribution in [0.3, 0.4) is 0 Å². The van der Waals surface area contributed by atoms with E-state index in [9.17, 15) is 4.79 Å². The second-order valence-electron chi connectivity index (χ2n) is 1.33. The largest absolute Gasteiger partial charge is 0.367 e. The molecule has 0 aliphatic carbocycles. The maximum Gasteiger partial charge on any atom is 0.207 e. The van der Waals surface area contributed by atoms with Crippen molar-refractivity contribution >= 4 is 6.41 Å². The van der Waals surface area contributed by atoms with Crippen molar-refractivity contribution in [1.82, 2.24) is 5.32 Å². The first-order chi connectivity index (χ1) is 4.41. The van der Waals surface area contributed by atoms with Crippen molar-refractivity contribution < 1.29 is 9.53 Å². The second-order valence-corrected chi connectivity index (χ2v) is 1.33. The summed E-state index contributed by atoms with van der Waals surface area (Å²) >= 11 is 0. The van der Waals surface area contributed by atoms with Crippen LogP contribution in [0, 0.1) is 12.3 Å². The van der Waals surface area contributed by atoms with Crippen molar-refractivity contribution in [3.8, 4) is 12.3 Å². The number of hydrogen-bond donors (Lipinski definition) is 1. The van der Waals surface area contributed by atoms with E-state index in [0.717, 1.165) is 0 Å². The third kappa shape index (κ3) is 6.99. The van der Waals surface area contributed by atoms with Gasteiger partial charge in [0.25, 0.3) is 0 Å². The molecule has 0 aromatic rings. The Morgan fingerprint density at radius 3 is 3.11 bits per heavy atom. The first-order valence-corrected chi connectivity index (χ1v) is 2.60. The molecule has 0 saturated carbocycles. The van der Waals surface area contributed by atoms with Crippen molar-refractivity contribution in [1.29, 1.82) is 0 Å². The highest BCUT2D eigenvalue weighted by Gasteiger charge is 1.81. The minimum Gasteiger partial charge on any atom is -0.367 e. The summed E-state index contributed by atoms with van der Waals surface area (Å²) in [5, 5.41) is 2.43. The Morgan fingerprint density at radius 2 is 2.56 bits per heavy atom. The van der Waals surface area contributed by atoms with Crippen LogP contribution in [0.15, 0.2) is 0 Å². The number of carbonyl (C=O) groups is 1. The average molecular weight is 127 g/mol. The third-order valence-electron chi connectivity index (χ3n) is 0.659. The number of ether oxygens (including phenoxy) is 1. The third-order valence-corrected chi connectivity index (χ3v) is 0.659. The Kier molecular flexibility index (Phi) is 6.21. The van der Waals surface area contributed by atoms with E-state index in [4.69, 9.17) is 11.2 Å². The van der Waals surface area contributed by atoms with Crippen molar-refractivity contribution in [2.24, 2.45) is 0 Å². The second kappa shape index (κ2) is 6.99. The van der Waals surface area contributed by atoms with Crippen molar-refractivity contribution in [3.63, 3.8) is 0 Å². The van der Waals surface area contributed by atoms with Crippen LogP contribution in [-0.4, -0.2) is 26.2 Å². The summed E-state index contributed by atoms with van der Waals surface area (Å²) in [7, 11) is 0. The van der Waals surface area contributed by atoms with E-state index in [2.05, 4.69) is 11.2 Å². The molecule has 0 unspecified atom stereocenters. The van der Waals surface area contributed by atoms with Gasteiger partial charge in [0, 0.05) is 6.54 Å². The van der Waals surface area contributed by atoms with Gasteiger partial charge < -0.3 is 10.1 Å². The molecule has 9 heavy (non-hydrogen) atoms. The van der Waals surface area contributed by atoms with Gasteiger partial charge in [-0.05, 0) is 0 Å². The monoisotopic (exact) mass is 127 g/mol. The number of terminal acetylenes is 1. The Morgan fingerprint density at radius 1 is 1.78 bits per heavy atom. The fourth-order valence-electron chi connectivity index (χ4n) is 0.321. The van der Waals surface area contributed by atoms with E-state index in [-0.39, 0.29) is 0 Å². The normalized spacial score (nSPS) is 7.89. The molecule has 3 nitrogen and oxygen atoms in total. The van der Waals surface area contributed by atoms with E-state index in [1.807, 2.05) is 0 Å². The summed E-state index contributed by atoms with van der Waals surface area (Å²) in [6, 6.07) is 0. The van der Waals surface area contributed by atoms with Crippen LogP contribution in [0.2, 0.25) is 0 Å². The molecule has 50 valence electrons. The van der Waals surface area contributed by atoms with Gasteiger partial charge in [0.05, 0.1) is 6.61 Å². The van der Waals surface area contributed by atoms with E-state index < -0.39 is 0 Å². The molecule has 0 rings (SSSR count). The molecule has 0 fully saturated rings. The van der Waals surface area contributed by atoms with E-state index in [1.54, 1.807) is 0 Å². The lowest BCUT2D eigenvalue weighted by Gasteiger charge is -1.96. The molecule has 0 bridgehead atoms. The van der Waals surface area contributed by atoms with Crippen LogP contribution >= 0.6 is 0 Å². The molecular formula is C6H9NO2. The van der Waals surface area contributed by atoms with Crippen LogP contribution in [0.4, 0.5) is 0 Å². The minimum atomic E-state index is 0.306. The highest BCUT2D eigenvalue weighted by Crippen LogP contribution is 1.67. The quantitative estimate of drug-likeness (QED) is 0.304. The van der Waals surface area contributed by atoms with E-state index in [0.29, 0.717) is 26.2 Å². The van der Waals surface area contributed by atoms with Crippen LogP contribution in [0.25, 0.3) is 0 Å². The number of nitrogens with one attached hydrogen (secondary N) is 1. The first-order valence-electron chi connectivity index (χ1n) is 2.60. The molecule has 0 atom stereocenters. The highest BCUT2D eigenvalue weighted by molar-refractivity contribution is 5.45. The Hall–Kier alpha value is -1.01. The van der Waals surface area contributed by atoms with Crippen molar-refractivity contribution in [2.45, 2.75) is 0 Å². The maximum atomic E-state index is 9.63. The topological polar surface area (TPSA) is 38.3 Å². The molecule has 0 radical (unpaired) electrons. The smallest absolute Gasteiger partial charge is 0.207 e. The molecule has 0 aromatic carbocycles. The first kappa shape index (κ1) is 7.99. The summed E-state index contributed by atoms with van der Waals surface area (Å²) in [6.45, 7) is 1.30. The summed E-state index contributed by atoms with van der Waals surface area (Å²) < 4.78 is 4.83.